The molecule has 1 N–H and O–H groups in total. The molecule has 1 amide bonds. The van der Waals surface area contributed by atoms with Crippen molar-refractivity contribution in [2.24, 2.45) is 0 Å². The molecule has 5 heteroatoms. The van der Waals surface area contributed by atoms with E-state index in [0.29, 0.717) is 5.75 Å². The molecule has 0 aromatic heterocycles. The zero-order valence-corrected chi connectivity index (χ0v) is 9.56. The molecule has 0 aliphatic carbocycles. The van der Waals surface area contributed by atoms with Crippen LogP contribution >= 0.6 is 0 Å². The lowest BCUT2D eigenvalue weighted by atomic mass is 10.1. The van der Waals surface area contributed by atoms with Gasteiger partial charge in [-0.1, -0.05) is 6.07 Å². The number of likely N-dealkylation sites (N-methyl/N-ethyl adjacent to an activating group) is 1. The number of phenols is 1. The van der Waals surface area contributed by atoms with Crippen LogP contribution in [0.5, 0.6) is 11.5 Å². The summed E-state index contributed by atoms with van der Waals surface area (Å²) in [6.07, 6.45) is 0.195. The molecule has 16 heavy (non-hydrogen) atoms. The first-order valence-electron chi connectivity index (χ1n) is 4.75. The maximum Gasteiger partial charge on any atom is 0.250 e. The summed E-state index contributed by atoms with van der Waals surface area (Å²) in [6, 6.07) is 4.78. The van der Waals surface area contributed by atoms with Gasteiger partial charge in [-0.3, -0.25) is 9.63 Å². The van der Waals surface area contributed by atoms with Crippen molar-refractivity contribution >= 4 is 5.91 Å². The number of hydroxylamine groups is 2. The quantitative estimate of drug-likeness (QED) is 0.775. The van der Waals surface area contributed by atoms with Crippen LogP contribution < -0.4 is 4.74 Å². The van der Waals surface area contributed by atoms with Gasteiger partial charge in [-0.05, 0) is 17.7 Å². The zero-order valence-electron chi connectivity index (χ0n) is 9.56. The van der Waals surface area contributed by atoms with Crippen LogP contribution in [0.25, 0.3) is 0 Å². The van der Waals surface area contributed by atoms with Crippen molar-refractivity contribution in [2.45, 2.75) is 6.42 Å². The van der Waals surface area contributed by atoms with Crippen LogP contribution in [0.1, 0.15) is 5.56 Å². The lowest BCUT2D eigenvalue weighted by Gasteiger charge is -2.13. The summed E-state index contributed by atoms with van der Waals surface area (Å²) in [5.74, 6) is 0.236. The van der Waals surface area contributed by atoms with E-state index in [0.717, 1.165) is 10.6 Å². The number of rotatable bonds is 4. The Morgan fingerprint density at radius 1 is 1.44 bits per heavy atom. The SMILES string of the molecule is COc1cc(CC(=O)N(C)OC)ccc1O. The van der Waals surface area contributed by atoms with E-state index < -0.39 is 0 Å². The van der Waals surface area contributed by atoms with E-state index in [-0.39, 0.29) is 18.1 Å². The number of nitrogens with zero attached hydrogens (tertiary/aromatic N) is 1. The molecule has 0 aliphatic heterocycles. The molecule has 0 saturated heterocycles. The van der Waals surface area contributed by atoms with Gasteiger partial charge >= 0.3 is 0 Å². The van der Waals surface area contributed by atoms with E-state index in [1.165, 1.54) is 20.3 Å². The normalized spacial score (nSPS) is 9.94. The number of hydrogen-bond donors (Lipinski definition) is 1. The second-order valence-electron chi connectivity index (χ2n) is 3.26. The average Bonchev–Trinajstić information content (AvgIpc) is 2.30. The number of benzene rings is 1. The Labute approximate surface area is 94.2 Å². The van der Waals surface area contributed by atoms with Gasteiger partial charge < -0.3 is 9.84 Å². The van der Waals surface area contributed by atoms with Gasteiger partial charge in [0.2, 0.25) is 5.91 Å². The van der Waals surface area contributed by atoms with Crippen molar-refractivity contribution in [3.8, 4) is 11.5 Å². The van der Waals surface area contributed by atoms with Crippen molar-refractivity contribution in [3.63, 3.8) is 0 Å². The molecule has 0 aliphatic rings. The fraction of sp³-hybridized carbons (Fsp3) is 0.364. The number of carbonyl (C=O) groups is 1. The Bertz CT molecular complexity index is 378. The summed E-state index contributed by atoms with van der Waals surface area (Å²) >= 11 is 0. The minimum atomic E-state index is -0.171. The highest BCUT2D eigenvalue weighted by atomic mass is 16.7. The summed E-state index contributed by atoms with van der Waals surface area (Å²) in [7, 11) is 4.43. The van der Waals surface area contributed by atoms with Gasteiger partial charge in [0.05, 0.1) is 20.6 Å². The third-order valence-corrected chi connectivity index (χ3v) is 2.22. The van der Waals surface area contributed by atoms with Gasteiger partial charge in [0, 0.05) is 7.05 Å². The van der Waals surface area contributed by atoms with Gasteiger partial charge in [-0.2, -0.15) is 0 Å². The molecule has 1 rings (SSSR count). The van der Waals surface area contributed by atoms with Gasteiger partial charge in [0.1, 0.15) is 0 Å². The second-order valence-corrected chi connectivity index (χ2v) is 3.26. The first-order valence-corrected chi connectivity index (χ1v) is 4.75. The molecule has 1 aromatic rings. The van der Waals surface area contributed by atoms with Gasteiger partial charge in [-0.15, -0.1) is 0 Å². The predicted molar refractivity (Wildman–Crippen MR) is 58.1 cm³/mol. The molecular weight excluding hydrogens is 210 g/mol. The highest BCUT2D eigenvalue weighted by Gasteiger charge is 2.10. The Morgan fingerprint density at radius 2 is 2.12 bits per heavy atom. The summed E-state index contributed by atoms with van der Waals surface area (Å²) in [5.41, 5.74) is 0.753. The van der Waals surface area contributed by atoms with E-state index in [4.69, 9.17) is 9.57 Å². The number of methoxy groups -OCH3 is 1. The number of phenolic OH excluding ortho intramolecular Hbond substituents is 1. The summed E-state index contributed by atoms with van der Waals surface area (Å²) < 4.78 is 4.95. The molecule has 0 fully saturated rings. The first-order chi connectivity index (χ1) is 7.58. The maximum absolute atomic E-state index is 11.5. The maximum atomic E-state index is 11.5. The van der Waals surface area contributed by atoms with E-state index in [1.807, 2.05) is 0 Å². The molecular formula is C11H15NO4. The van der Waals surface area contributed by atoms with Crippen LogP contribution in [0.15, 0.2) is 18.2 Å². The standard InChI is InChI=1S/C11H15NO4/c1-12(16-3)11(14)7-8-4-5-9(13)10(6-8)15-2/h4-6,13H,7H2,1-3H3. The van der Waals surface area contributed by atoms with Crippen LogP contribution in [0.3, 0.4) is 0 Å². The topological polar surface area (TPSA) is 59.0 Å². The van der Waals surface area contributed by atoms with E-state index in [1.54, 1.807) is 19.2 Å². The first kappa shape index (κ1) is 12.3. The molecule has 88 valence electrons. The Kier molecular flexibility index (Phi) is 4.13. The van der Waals surface area contributed by atoms with Crippen molar-refractivity contribution < 1.29 is 19.5 Å². The predicted octanol–water partition coefficient (Wildman–Crippen LogP) is 0.963. The Morgan fingerprint density at radius 3 is 2.69 bits per heavy atom. The summed E-state index contributed by atoms with van der Waals surface area (Å²) in [4.78, 5) is 16.3. The van der Waals surface area contributed by atoms with Crippen LogP contribution in [0.4, 0.5) is 0 Å². The molecule has 0 saturated carbocycles. The number of carbonyl (C=O) groups excluding carboxylic acids is 1. The highest BCUT2D eigenvalue weighted by Crippen LogP contribution is 2.26. The fourth-order valence-electron chi connectivity index (χ4n) is 1.22. The lowest BCUT2D eigenvalue weighted by molar-refractivity contribution is -0.167. The minimum Gasteiger partial charge on any atom is -0.504 e. The highest BCUT2D eigenvalue weighted by molar-refractivity contribution is 5.77. The Balaban J connectivity index is 2.78. The van der Waals surface area contributed by atoms with Gasteiger partial charge in [-0.25, -0.2) is 5.06 Å². The molecule has 0 heterocycles. The third-order valence-electron chi connectivity index (χ3n) is 2.22. The van der Waals surface area contributed by atoms with Crippen molar-refractivity contribution in [2.75, 3.05) is 21.3 Å². The van der Waals surface area contributed by atoms with E-state index in [2.05, 4.69) is 0 Å². The lowest BCUT2D eigenvalue weighted by Crippen LogP contribution is -2.26. The summed E-state index contributed by atoms with van der Waals surface area (Å²) in [5, 5.41) is 10.5. The monoisotopic (exact) mass is 225 g/mol. The molecule has 0 radical (unpaired) electrons. The molecule has 1 aromatic carbocycles. The molecule has 0 unspecified atom stereocenters. The van der Waals surface area contributed by atoms with Crippen molar-refractivity contribution in [3.05, 3.63) is 23.8 Å². The second kappa shape index (κ2) is 5.37. The smallest absolute Gasteiger partial charge is 0.250 e. The Hall–Kier alpha value is -1.75. The van der Waals surface area contributed by atoms with E-state index >= 15 is 0 Å². The van der Waals surface area contributed by atoms with Crippen molar-refractivity contribution in [1.29, 1.82) is 0 Å². The van der Waals surface area contributed by atoms with Gasteiger partial charge in [0.25, 0.3) is 0 Å². The van der Waals surface area contributed by atoms with E-state index in [9.17, 15) is 9.90 Å². The molecule has 5 nitrogen and oxygen atoms in total. The number of ether oxygens (including phenoxy) is 1. The minimum absolute atomic E-state index is 0.0544. The van der Waals surface area contributed by atoms with Gasteiger partial charge in [0.15, 0.2) is 11.5 Å². The third kappa shape index (κ3) is 2.87. The number of aromatic hydroxyl groups is 1. The molecule has 0 atom stereocenters. The molecule has 0 bridgehead atoms. The van der Waals surface area contributed by atoms with Crippen LogP contribution in [0.2, 0.25) is 0 Å². The van der Waals surface area contributed by atoms with Crippen LogP contribution in [-0.4, -0.2) is 37.3 Å². The largest absolute Gasteiger partial charge is 0.504 e. The van der Waals surface area contributed by atoms with Crippen molar-refractivity contribution in [1.82, 2.24) is 5.06 Å². The molecule has 0 spiro atoms. The zero-order chi connectivity index (χ0) is 12.1. The number of amides is 1. The van der Waals surface area contributed by atoms with Crippen LogP contribution in [-0.2, 0) is 16.1 Å². The fourth-order valence-corrected chi connectivity index (χ4v) is 1.22. The summed E-state index contributed by atoms with van der Waals surface area (Å²) in [6.45, 7) is 0. The number of hydrogen-bond acceptors (Lipinski definition) is 4. The average molecular weight is 225 g/mol. The van der Waals surface area contributed by atoms with Crippen LogP contribution in [0, 0.1) is 0 Å².